The van der Waals surface area contributed by atoms with E-state index in [1.54, 1.807) is 20.8 Å². The maximum atomic E-state index is 11.8. The van der Waals surface area contributed by atoms with Gasteiger partial charge in [0.1, 0.15) is 11.4 Å². The number of ether oxygens (including phenoxy) is 2. The Morgan fingerprint density at radius 3 is 2.54 bits per heavy atom. The van der Waals surface area contributed by atoms with Gasteiger partial charge in [0.15, 0.2) is 5.69 Å². The Morgan fingerprint density at radius 2 is 2.00 bits per heavy atom. The molecule has 8 nitrogen and oxygen atoms in total. The predicted octanol–water partition coefficient (Wildman–Crippen LogP) is 2.63. The zero-order valence-corrected chi connectivity index (χ0v) is 15.2. The molecule has 0 saturated carbocycles. The smallest absolute Gasteiger partial charge is 0.407 e. The molecular formula is C15H23ClN4O4. The first-order valence-corrected chi connectivity index (χ1v) is 7.88. The fraction of sp³-hybridized carbons (Fsp3) is 0.600. The Morgan fingerprint density at radius 1 is 1.33 bits per heavy atom. The van der Waals surface area contributed by atoms with Crippen LogP contribution in [0, 0.1) is 0 Å². The molecule has 9 heteroatoms. The molecule has 1 atom stereocenters. The number of esters is 1. The van der Waals surface area contributed by atoms with Crippen LogP contribution in [0.2, 0.25) is 5.28 Å². The number of alkyl carbamates (subject to hydrolysis) is 1. The molecule has 134 valence electrons. The summed E-state index contributed by atoms with van der Waals surface area (Å²) >= 11 is 5.80. The molecule has 0 aliphatic carbocycles. The monoisotopic (exact) mass is 358 g/mol. The van der Waals surface area contributed by atoms with Gasteiger partial charge in [-0.15, -0.1) is 0 Å². The van der Waals surface area contributed by atoms with Crippen molar-refractivity contribution in [2.24, 2.45) is 0 Å². The van der Waals surface area contributed by atoms with Crippen LogP contribution in [0.5, 0.6) is 0 Å². The Labute approximate surface area is 146 Å². The Hall–Kier alpha value is -2.09. The number of halogens is 1. The minimum absolute atomic E-state index is 0.0492. The molecule has 0 unspecified atom stereocenters. The highest BCUT2D eigenvalue weighted by molar-refractivity contribution is 6.28. The highest BCUT2D eigenvalue weighted by Crippen LogP contribution is 2.12. The molecule has 0 aromatic carbocycles. The predicted molar refractivity (Wildman–Crippen MR) is 90.3 cm³/mol. The van der Waals surface area contributed by atoms with Crippen LogP contribution in [0.1, 0.15) is 44.6 Å². The van der Waals surface area contributed by atoms with Crippen LogP contribution >= 0.6 is 11.6 Å². The maximum absolute atomic E-state index is 11.8. The van der Waals surface area contributed by atoms with E-state index in [2.05, 4.69) is 25.3 Å². The van der Waals surface area contributed by atoms with E-state index < -0.39 is 17.7 Å². The highest BCUT2D eigenvalue weighted by atomic mass is 35.5. The first kappa shape index (κ1) is 20.0. The highest BCUT2D eigenvalue weighted by Gasteiger charge is 2.19. The number of aromatic nitrogens is 2. The van der Waals surface area contributed by atoms with E-state index >= 15 is 0 Å². The van der Waals surface area contributed by atoms with Crippen molar-refractivity contribution in [1.82, 2.24) is 15.3 Å². The average Bonchev–Trinajstić information content (AvgIpc) is 2.48. The molecule has 0 radical (unpaired) electrons. The number of methoxy groups -OCH3 is 1. The summed E-state index contributed by atoms with van der Waals surface area (Å²) in [5, 5.41) is 5.70. The molecule has 2 N–H and O–H groups in total. The third-order valence-corrected chi connectivity index (χ3v) is 3.01. The van der Waals surface area contributed by atoms with Crippen molar-refractivity contribution >= 4 is 29.5 Å². The molecule has 1 amide bonds. The van der Waals surface area contributed by atoms with Crippen LogP contribution in [0.15, 0.2) is 6.07 Å². The van der Waals surface area contributed by atoms with Gasteiger partial charge in [-0.2, -0.15) is 0 Å². The molecule has 0 bridgehead atoms. The second-order valence-corrected chi connectivity index (χ2v) is 6.37. The molecular weight excluding hydrogens is 336 g/mol. The minimum Gasteiger partial charge on any atom is -0.464 e. The van der Waals surface area contributed by atoms with Crippen molar-refractivity contribution in [3.05, 3.63) is 17.0 Å². The van der Waals surface area contributed by atoms with Gasteiger partial charge in [-0.3, -0.25) is 0 Å². The molecule has 0 aliphatic rings. The first-order chi connectivity index (χ1) is 11.1. The molecule has 1 rings (SSSR count). The van der Waals surface area contributed by atoms with Crippen LogP contribution in [0.4, 0.5) is 10.6 Å². The summed E-state index contributed by atoms with van der Waals surface area (Å²) in [5.41, 5.74) is -0.515. The van der Waals surface area contributed by atoms with E-state index in [0.717, 1.165) is 0 Å². The number of hydrogen-bond donors (Lipinski definition) is 2. The summed E-state index contributed by atoms with van der Waals surface area (Å²) in [5.74, 6) is -0.249. The van der Waals surface area contributed by atoms with Gasteiger partial charge in [0.25, 0.3) is 0 Å². The Bertz CT molecular complexity index is 589. The van der Waals surface area contributed by atoms with Crippen LogP contribution in [0.25, 0.3) is 0 Å². The summed E-state index contributed by atoms with van der Waals surface area (Å²) < 4.78 is 9.82. The van der Waals surface area contributed by atoms with E-state index in [4.69, 9.17) is 16.3 Å². The lowest BCUT2D eigenvalue weighted by molar-refractivity contribution is 0.0505. The van der Waals surface area contributed by atoms with Gasteiger partial charge in [0.2, 0.25) is 5.28 Å². The van der Waals surface area contributed by atoms with Gasteiger partial charge in [-0.1, -0.05) is 6.92 Å². The minimum atomic E-state index is -0.610. The second-order valence-electron chi connectivity index (χ2n) is 6.03. The van der Waals surface area contributed by atoms with Gasteiger partial charge in [0, 0.05) is 18.7 Å². The maximum Gasteiger partial charge on any atom is 0.407 e. The summed E-state index contributed by atoms with van der Waals surface area (Å²) in [4.78, 5) is 31.1. The number of rotatable bonds is 6. The average molecular weight is 359 g/mol. The zero-order chi connectivity index (χ0) is 18.3. The lowest BCUT2D eigenvalue weighted by Crippen LogP contribution is -2.42. The normalized spacial score (nSPS) is 12.2. The van der Waals surface area contributed by atoms with Crippen molar-refractivity contribution in [2.45, 2.75) is 45.8 Å². The third-order valence-electron chi connectivity index (χ3n) is 2.84. The van der Waals surface area contributed by atoms with Crippen LogP contribution in [0.3, 0.4) is 0 Å². The molecule has 0 fully saturated rings. The largest absolute Gasteiger partial charge is 0.464 e. The lowest BCUT2D eigenvalue weighted by Gasteiger charge is -2.23. The van der Waals surface area contributed by atoms with Crippen molar-refractivity contribution in [1.29, 1.82) is 0 Å². The lowest BCUT2D eigenvalue weighted by atomic mass is 10.2. The molecule has 24 heavy (non-hydrogen) atoms. The number of anilines is 1. The van der Waals surface area contributed by atoms with Gasteiger partial charge in [0.05, 0.1) is 7.11 Å². The van der Waals surface area contributed by atoms with Crippen LogP contribution < -0.4 is 10.6 Å². The Kier molecular flexibility index (Phi) is 7.21. The number of carbonyl (C=O) groups is 2. The summed E-state index contributed by atoms with van der Waals surface area (Å²) in [7, 11) is 1.25. The fourth-order valence-corrected chi connectivity index (χ4v) is 1.90. The fourth-order valence-electron chi connectivity index (χ4n) is 1.72. The van der Waals surface area contributed by atoms with E-state index in [1.165, 1.54) is 13.2 Å². The number of amides is 1. The SMILES string of the molecule is CC[C@H](CNc1cc(C(=O)OC)nc(Cl)n1)NC(=O)OC(C)(C)C. The van der Waals surface area contributed by atoms with Gasteiger partial charge >= 0.3 is 12.1 Å². The van der Waals surface area contributed by atoms with Crippen LogP contribution in [-0.2, 0) is 9.47 Å². The number of nitrogens with one attached hydrogen (secondary N) is 2. The number of hydrogen-bond acceptors (Lipinski definition) is 7. The van der Waals surface area contributed by atoms with E-state index in [9.17, 15) is 9.59 Å². The molecule has 0 saturated heterocycles. The van der Waals surface area contributed by atoms with E-state index in [1.807, 2.05) is 6.92 Å². The number of nitrogens with zero attached hydrogens (tertiary/aromatic N) is 2. The van der Waals surface area contributed by atoms with E-state index in [0.29, 0.717) is 18.8 Å². The quantitative estimate of drug-likeness (QED) is 0.595. The van der Waals surface area contributed by atoms with Crippen molar-refractivity contribution in [2.75, 3.05) is 19.0 Å². The van der Waals surface area contributed by atoms with Crippen molar-refractivity contribution < 1.29 is 19.1 Å². The summed E-state index contributed by atoms with van der Waals surface area (Å²) in [6.07, 6.45) is 0.182. The molecule has 0 spiro atoms. The summed E-state index contributed by atoms with van der Waals surface area (Å²) in [6, 6.07) is 1.24. The number of carbonyl (C=O) groups excluding carboxylic acids is 2. The van der Waals surface area contributed by atoms with Gasteiger partial charge in [-0.25, -0.2) is 19.6 Å². The molecule has 1 heterocycles. The Balaban J connectivity index is 2.67. The topological polar surface area (TPSA) is 102 Å². The van der Waals surface area contributed by atoms with Crippen molar-refractivity contribution in [3.63, 3.8) is 0 Å². The molecule has 1 aromatic rings. The van der Waals surface area contributed by atoms with Crippen LogP contribution in [-0.4, -0.2) is 47.3 Å². The zero-order valence-electron chi connectivity index (χ0n) is 14.5. The van der Waals surface area contributed by atoms with Gasteiger partial charge in [-0.05, 0) is 38.8 Å². The summed E-state index contributed by atoms with van der Waals surface area (Å²) in [6.45, 7) is 7.69. The van der Waals surface area contributed by atoms with E-state index in [-0.39, 0.29) is 17.0 Å². The van der Waals surface area contributed by atoms with Gasteiger partial charge < -0.3 is 20.1 Å². The standard InChI is InChI=1S/C15H23ClN4O4/c1-6-9(18-14(22)24-15(2,3)4)8-17-11-7-10(12(21)23-5)19-13(16)20-11/h7,9H,6,8H2,1-5H3,(H,18,22)(H,17,19,20)/t9-/m1/s1. The first-order valence-electron chi connectivity index (χ1n) is 7.51. The second kappa shape index (κ2) is 8.68. The third kappa shape index (κ3) is 6.99. The molecule has 1 aromatic heterocycles. The molecule has 0 aliphatic heterocycles. The van der Waals surface area contributed by atoms with Crippen molar-refractivity contribution in [3.8, 4) is 0 Å².